The lowest BCUT2D eigenvalue weighted by Crippen LogP contribution is -2.43. The lowest BCUT2D eigenvalue weighted by atomic mass is 10.0. The number of aryl methyl sites for hydroxylation is 1. The Labute approximate surface area is 202 Å². The molecule has 1 saturated heterocycles. The van der Waals surface area contributed by atoms with Crippen LogP contribution in [0.4, 0.5) is 17.3 Å². The van der Waals surface area contributed by atoms with Crippen LogP contribution in [-0.4, -0.2) is 63.9 Å². The summed E-state index contributed by atoms with van der Waals surface area (Å²) < 4.78 is 6.76. The summed E-state index contributed by atoms with van der Waals surface area (Å²) in [7, 11) is 0. The van der Waals surface area contributed by atoms with Gasteiger partial charge in [-0.05, 0) is 50.6 Å². The molecule has 35 heavy (non-hydrogen) atoms. The second-order valence-corrected chi connectivity index (χ2v) is 8.44. The summed E-state index contributed by atoms with van der Waals surface area (Å²) in [6.07, 6.45) is 3.24. The largest absolute Gasteiger partial charge is 0.461 e. The molecular weight excluding hydrogens is 446 g/mol. The van der Waals surface area contributed by atoms with Gasteiger partial charge in [-0.25, -0.2) is 14.8 Å². The number of hydrogen-bond acceptors (Lipinski definition) is 9. The quantitative estimate of drug-likeness (QED) is 0.322. The first-order valence-electron chi connectivity index (χ1n) is 11.7. The first-order chi connectivity index (χ1) is 17.0. The van der Waals surface area contributed by atoms with Gasteiger partial charge in [0.1, 0.15) is 0 Å². The number of anilines is 3. The first kappa shape index (κ1) is 22.7. The standard InChI is InChI=1S/C25H27N7O3/c1-4-35-24(34)20-14-32-22-19(15(2)21(16(3)33)23(32)29-20)13-27-25(30-22)28-17-5-7-18(8-6-17)31-11-9-26-10-12-31/h5-8,13-14,26H,4,9-12H2,1-3H3,(H,27,28,30). The molecule has 1 aromatic carbocycles. The fraction of sp³-hybridized carbons (Fsp3) is 0.320. The third kappa shape index (κ3) is 4.28. The zero-order valence-corrected chi connectivity index (χ0v) is 20.0. The second-order valence-electron chi connectivity index (χ2n) is 8.44. The number of ether oxygens (including phenoxy) is 1. The molecule has 4 aromatic rings. The summed E-state index contributed by atoms with van der Waals surface area (Å²) in [5.74, 6) is -0.300. The Morgan fingerprint density at radius 3 is 2.54 bits per heavy atom. The fourth-order valence-corrected chi connectivity index (χ4v) is 4.43. The first-order valence-corrected chi connectivity index (χ1v) is 11.7. The number of imidazole rings is 1. The molecule has 0 atom stereocenters. The Kier molecular flexibility index (Phi) is 6.04. The molecule has 1 aliphatic heterocycles. The molecular formula is C25H27N7O3. The van der Waals surface area contributed by atoms with Crippen LogP contribution >= 0.6 is 0 Å². The molecule has 1 aliphatic rings. The van der Waals surface area contributed by atoms with Gasteiger partial charge in [0, 0.05) is 55.3 Å². The molecule has 3 aromatic heterocycles. The summed E-state index contributed by atoms with van der Waals surface area (Å²) in [6, 6.07) is 8.16. The van der Waals surface area contributed by atoms with Crippen molar-refractivity contribution in [1.82, 2.24) is 24.7 Å². The maximum absolute atomic E-state index is 12.4. The zero-order chi connectivity index (χ0) is 24.5. The summed E-state index contributed by atoms with van der Waals surface area (Å²) >= 11 is 0. The highest BCUT2D eigenvalue weighted by molar-refractivity contribution is 6.06. The minimum Gasteiger partial charge on any atom is -0.461 e. The zero-order valence-electron chi connectivity index (χ0n) is 20.0. The van der Waals surface area contributed by atoms with Crippen LogP contribution in [0, 0.1) is 6.92 Å². The van der Waals surface area contributed by atoms with Crippen LogP contribution in [0.3, 0.4) is 0 Å². The third-order valence-corrected chi connectivity index (χ3v) is 6.15. The molecule has 2 N–H and O–H groups in total. The topological polar surface area (TPSA) is 114 Å². The molecule has 10 nitrogen and oxygen atoms in total. The monoisotopic (exact) mass is 473 g/mol. The van der Waals surface area contributed by atoms with Crippen molar-refractivity contribution in [1.29, 1.82) is 0 Å². The third-order valence-electron chi connectivity index (χ3n) is 6.15. The van der Waals surface area contributed by atoms with Crippen molar-refractivity contribution in [2.75, 3.05) is 43.0 Å². The van der Waals surface area contributed by atoms with E-state index in [9.17, 15) is 9.59 Å². The molecule has 0 spiro atoms. The number of aromatic nitrogens is 4. The molecule has 180 valence electrons. The van der Waals surface area contributed by atoms with Crippen molar-refractivity contribution in [3.05, 3.63) is 53.5 Å². The van der Waals surface area contributed by atoms with Crippen molar-refractivity contribution in [2.45, 2.75) is 20.8 Å². The number of ketones is 1. The number of esters is 1. The van der Waals surface area contributed by atoms with E-state index in [0.717, 1.165) is 31.9 Å². The number of nitrogens with one attached hydrogen (secondary N) is 2. The highest BCUT2D eigenvalue weighted by Crippen LogP contribution is 2.27. The Bertz CT molecular complexity index is 1420. The van der Waals surface area contributed by atoms with Gasteiger partial charge in [-0.1, -0.05) is 0 Å². The highest BCUT2D eigenvalue weighted by Gasteiger charge is 2.22. The number of carbonyl (C=O) groups is 2. The van der Waals surface area contributed by atoms with Crippen LogP contribution in [0.15, 0.2) is 36.7 Å². The van der Waals surface area contributed by atoms with Crippen LogP contribution in [0.2, 0.25) is 0 Å². The normalized spacial score (nSPS) is 13.9. The summed E-state index contributed by atoms with van der Waals surface area (Å²) in [5, 5.41) is 7.32. The van der Waals surface area contributed by atoms with E-state index in [1.54, 1.807) is 23.7 Å². The van der Waals surface area contributed by atoms with Gasteiger partial charge in [0.15, 0.2) is 22.8 Å². The van der Waals surface area contributed by atoms with Gasteiger partial charge in [-0.2, -0.15) is 4.98 Å². The molecule has 0 amide bonds. The van der Waals surface area contributed by atoms with Crippen LogP contribution in [0.25, 0.3) is 16.7 Å². The highest BCUT2D eigenvalue weighted by atomic mass is 16.5. The predicted molar refractivity (Wildman–Crippen MR) is 134 cm³/mol. The lowest BCUT2D eigenvalue weighted by Gasteiger charge is -2.29. The number of Topliss-reactive ketones (excluding diaryl/α,β-unsaturated/α-hetero) is 1. The molecule has 10 heteroatoms. The van der Waals surface area contributed by atoms with Crippen molar-refractivity contribution in [2.24, 2.45) is 0 Å². The fourth-order valence-electron chi connectivity index (χ4n) is 4.43. The van der Waals surface area contributed by atoms with Crippen molar-refractivity contribution in [3.8, 4) is 0 Å². The van der Waals surface area contributed by atoms with Crippen LogP contribution in [-0.2, 0) is 4.74 Å². The SMILES string of the molecule is CCOC(=O)c1cn2c(n1)c(C(C)=O)c(C)c1cnc(Nc3ccc(N4CCNCC4)cc3)nc12. The van der Waals surface area contributed by atoms with Gasteiger partial charge < -0.3 is 20.3 Å². The number of benzene rings is 1. The Morgan fingerprint density at radius 2 is 1.86 bits per heavy atom. The predicted octanol–water partition coefficient (Wildman–Crippen LogP) is 3.12. The summed E-state index contributed by atoms with van der Waals surface area (Å²) in [6.45, 7) is 9.21. The number of nitrogens with zero attached hydrogens (tertiary/aromatic N) is 5. The smallest absolute Gasteiger partial charge is 0.358 e. The Hall–Kier alpha value is -4.05. The lowest BCUT2D eigenvalue weighted by molar-refractivity contribution is 0.0520. The van der Waals surface area contributed by atoms with Crippen molar-refractivity contribution in [3.63, 3.8) is 0 Å². The van der Waals surface area contributed by atoms with Gasteiger partial charge in [-0.3, -0.25) is 9.20 Å². The van der Waals surface area contributed by atoms with Crippen LogP contribution in [0.5, 0.6) is 0 Å². The molecule has 5 rings (SSSR count). The molecule has 4 heterocycles. The Morgan fingerprint density at radius 1 is 1.11 bits per heavy atom. The van der Waals surface area contributed by atoms with Gasteiger partial charge >= 0.3 is 5.97 Å². The van der Waals surface area contributed by atoms with E-state index in [2.05, 4.69) is 37.6 Å². The van der Waals surface area contributed by atoms with E-state index in [1.165, 1.54) is 12.6 Å². The van der Waals surface area contributed by atoms with Crippen molar-refractivity contribution >= 4 is 45.8 Å². The summed E-state index contributed by atoms with van der Waals surface area (Å²) in [5.41, 5.74) is 4.22. The van der Waals surface area contributed by atoms with Crippen LogP contribution < -0.4 is 15.5 Å². The summed E-state index contributed by atoms with van der Waals surface area (Å²) in [4.78, 5) is 40.7. The van der Waals surface area contributed by atoms with Gasteiger partial charge in [0.25, 0.3) is 0 Å². The van der Waals surface area contributed by atoms with E-state index in [1.807, 2.05) is 19.1 Å². The van der Waals surface area contributed by atoms with E-state index in [4.69, 9.17) is 9.72 Å². The average molecular weight is 474 g/mol. The van der Waals surface area contributed by atoms with E-state index < -0.39 is 5.97 Å². The van der Waals surface area contributed by atoms with Gasteiger partial charge in [-0.15, -0.1) is 0 Å². The van der Waals surface area contributed by atoms with E-state index >= 15 is 0 Å². The van der Waals surface area contributed by atoms with Crippen molar-refractivity contribution < 1.29 is 14.3 Å². The number of hydrogen-bond donors (Lipinski definition) is 2. The van der Waals surface area contributed by atoms with E-state index in [0.29, 0.717) is 33.8 Å². The van der Waals surface area contributed by atoms with Gasteiger partial charge in [0.2, 0.25) is 5.95 Å². The molecule has 0 radical (unpaired) electrons. The molecule has 1 fully saturated rings. The molecule has 0 bridgehead atoms. The van der Waals surface area contributed by atoms with Gasteiger partial charge in [0.05, 0.1) is 12.2 Å². The Balaban J connectivity index is 1.53. The molecule has 0 saturated carbocycles. The number of carbonyl (C=O) groups excluding carboxylic acids is 2. The number of rotatable bonds is 6. The minimum atomic E-state index is -0.548. The number of pyridine rings is 1. The molecule has 0 aliphatic carbocycles. The second kappa shape index (κ2) is 9.30. The average Bonchev–Trinajstić information content (AvgIpc) is 3.30. The maximum Gasteiger partial charge on any atom is 0.358 e. The number of fused-ring (bicyclic) bond motifs is 3. The molecule has 0 unspecified atom stereocenters. The van der Waals surface area contributed by atoms with Crippen LogP contribution in [0.1, 0.15) is 40.3 Å². The number of piperazine rings is 1. The van der Waals surface area contributed by atoms with E-state index in [-0.39, 0.29) is 18.1 Å². The maximum atomic E-state index is 12.4. The minimum absolute atomic E-state index is 0.123.